The summed E-state index contributed by atoms with van der Waals surface area (Å²) >= 11 is 3.44. The van der Waals surface area contributed by atoms with E-state index in [0.29, 0.717) is 18.1 Å². The molecule has 1 unspecified atom stereocenters. The van der Waals surface area contributed by atoms with Crippen molar-refractivity contribution in [2.45, 2.75) is 20.0 Å². The third-order valence-electron chi connectivity index (χ3n) is 4.65. The van der Waals surface area contributed by atoms with Crippen LogP contribution in [0.1, 0.15) is 23.6 Å². The molecule has 31 heavy (non-hydrogen) atoms. The number of ether oxygens (including phenoxy) is 2. The molecule has 0 saturated carbocycles. The molecule has 3 rings (SSSR count). The van der Waals surface area contributed by atoms with Gasteiger partial charge in [-0.3, -0.25) is 0 Å². The Morgan fingerprint density at radius 2 is 1.68 bits per heavy atom. The zero-order chi connectivity index (χ0) is 22.4. The third kappa shape index (κ3) is 6.18. The highest BCUT2D eigenvalue weighted by Gasteiger charge is 2.14. The Morgan fingerprint density at radius 1 is 1.06 bits per heavy atom. The summed E-state index contributed by atoms with van der Waals surface area (Å²) in [5, 5.41) is 9.00. The number of carbonyl (C=O) groups is 1. The number of hydrogen-bond donors (Lipinski definition) is 1. The first-order valence-electron chi connectivity index (χ1n) is 9.68. The highest BCUT2D eigenvalue weighted by atomic mass is 79.9. The van der Waals surface area contributed by atoms with Gasteiger partial charge >= 0.3 is 5.97 Å². The van der Waals surface area contributed by atoms with Gasteiger partial charge in [-0.2, -0.15) is 0 Å². The van der Waals surface area contributed by atoms with Gasteiger partial charge in [-0.1, -0.05) is 40.2 Å². The van der Waals surface area contributed by atoms with E-state index in [1.54, 1.807) is 30.3 Å². The summed E-state index contributed by atoms with van der Waals surface area (Å²) in [7, 11) is 0. The van der Waals surface area contributed by atoms with Gasteiger partial charge in [0.25, 0.3) is 0 Å². The Hall–Kier alpha value is -3.12. The molecule has 0 aliphatic heterocycles. The molecule has 0 fully saturated rings. The van der Waals surface area contributed by atoms with Gasteiger partial charge in [0, 0.05) is 4.47 Å². The van der Waals surface area contributed by atoms with Gasteiger partial charge in [-0.05, 0) is 84.7 Å². The van der Waals surface area contributed by atoms with Crippen LogP contribution < -0.4 is 9.47 Å². The molecule has 0 radical (unpaired) electrons. The van der Waals surface area contributed by atoms with Crippen LogP contribution in [0.25, 0.3) is 5.57 Å². The van der Waals surface area contributed by atoms with Crippen LogP contribution in [0, 0.1) is 12.7 Å². The lowest BCUT2D eigenvalue weighted by Crippen LogP contribution is -2.23. The fourth-order valence-corrected chi connectivity index (χ4v) is 3.23. The van der Waals surface area contributed by atoms with Crippen LogP contribution in [0.3, 0.4) is 0 Å². The van der Waals surface area contributed by atoms with Crippen LogP contribution in [0.15, 0.2) is 77.3 Å². The fraction of sp³-hybridized carbons (Fsp3) is 0.160. The number of halogens is 2. The summed E-state index contributed by atoms with van der Waals surface area (Å²) in [4.78, 5) is 11.0. The summed E-state index contributed by atoms with van der Waals surface area (Å²) in [5.41, 5.74) is 3.58. The topological polar surface area (TPSA) is 55.8 Å². The maximum atomic E-state index is 13.4. The summed E-state index contributed by atoms with van der Waals surface area (Å²) < 4.78 is 25.7. The molecule has 4 nitrogen and oxygen atoms in total. The second-order valence-electron chi connectivity index (χ2n) is 6.97. The lowest BCUT2D eigenvalue weighted by molar-refractivity contribution is -0.144. The van der Waals surface area contributed by atoms with Crippen molar-refractivity contribution in [1.29, 1.82) is 0 Å². The van der Waals surface area contributed by atoms with Crippen LogP contribution in [-0.2, 0) is 4.79 Å². The molecule has 0 aliphatic rings. The van der Waals surface area contributed by atoms with Gasteiger partial charge in [0.15, 0.2) is 6.10 Å². The zero-order valence-corrected chi connectivity index (χ0v) is 18.7. The van der Waals surface area contributed by atoms with Crippen molar-refractivity contribution in [1.82, 2.24) is 0 Å². The summed E-state index contributed by atoms with van der Waals surface area (Å²) in [6.45, 7) is 3.61. The molecule has 0 aliphatic carbocycles. The molecular formula is C25H22BrFO4. The van der Waals surface area contributed by atoms with Gasteiger partial charge in [-0.15, -0.1) is 0 Å². The van der Waals surface area contributed by atoms with E-state index in [9.17, 15) is 9.18 Å². The van der Waals surface area contributed by atoms with Crippen molar-refractivity contribution in [2.75, 3.05) is 6.61 Å². The molecule has 160 valence electrons. The third-order valence-corrected chi connectivity index (χ3v) is 5.17. The van der Waals surface area contributed by atoms with Gasteiger partial charge < -0.3 is 14.6 Å². The van der Waals surface area contributed by atoms with Gasteiger partial charge in [0.2, 0.25) is 0 Å². The number of rotatable bonds is 8. The Bertz CT molecular complexity index is 1030. The molecule has 3 aromatic rings. The molecule has 0 amide bonds. The van der Waals surface area contributed by atoms with Crippen LogP contribution in [0.4, 0.5) is 4.39 Å². The molecule has 1 atom stereocenters. The first-order valence-corrected chi connectivity index (χ1v) is 10.5. The maximum absolute atomic E-state index is 13.4. The number of carboxylic acids is 1. The Balaban J connectivity index is 1.78. The normalized spacial score (nSPS) is 12.3. The van der Waals surface area contributed by atoms with Crippen molar-refractivity contribution >= 4 is 27.5 Å². The second-order valence-corrected chi connectivity index (χ2v) is 7.88. The molecule has 0 aromatic heterocycles. The summed E-state index contributed by atoms with van der Waals surface area (Å²) in [6.07, 6.45) is 1.01. The van der Waals surface area contributed by atoms with E-state index >= 15 is 0 Å². The highest BCUT2D eigenvalue weighted by Crippen LogP contribution is 2.27. The van der Waals surface area contributed by atoms with Gasteiger partial charge in [0.05, 0.1) is 0 Å². The van der Waals surface area contributed by atoms with Crippen LogP contribution >= 0.6 is 15.9 Å². The average Bonchev–Trinajstić information content (AvgIpc) is 2.74. The number of aryl methyl sites for hydroxylation is 1. The largest absolute Gasteiger partial charge is 0.489 e. The molecule has 0 heterocycles. The van der Waals surface area contributed by atoms with Gasteiger partial charge in [0.1, 0.15) is 23.9 Å². The summed E-state index contributed by atoms with van der Waals surface area (Å²) in [5.74, 6) is -0.172. The Morgan fingerprint density at radius 3 is 2.26 bits per heavy atom. The molecule has 0 saturated heterocycles. The van der Waals surface area contributed by atoms with Crippen LogP contribution in [-0.4, -0.2) is 23.8 Å². The number of hydrogen-bond acceptors (Lipinski definition) is 3. The van der Waals surface area contributed by atoms with Crippen LogP contribution in [0.5, 0.6) is 11.5 Å². The van der Waals surface area contributed by atoms with Crippen molar-refractivity contribution in [3.05, 3.63) is 99.8 Å². The zero-order valence-electron chi connectivity index (χ0n) is 17.1. The standard InChI is InChI=1S/C25H22BrFO4/c1-16-15-22(11-12-24(16)31-17(2)25(28)29)30-14-13-23(18-3-7-20(26)8-4-18)19-5-9-21(27)10-6-19/h3-13,15,17H,14H2,1-2H3,(H,28,29)/b23-13-. The molecular weight excluding hydrogens is 463 g/mol. The Labute approximate surface area is 189 Å². The summed E-state index contributed by atoms with van der Waals surface area (Å²) in [6, 6.07) is 19.5. The fourth-order valence-electron chi connectivity index (χ4n) is 2.97. The molecule has 0 bridgehead atoms. The lowest BCUT2D eigenvalue weighted by atomic mass is 9.98. The molecule has 6 heteroatoms. The molecule has 3 aromatic carbocycles. The number of aliphatic carboxylic acids is 1. The lowest BCUT2D eigenvalue weighted by Gasteiger charge is -2.14. The second kappa shape index (κ2) is 10.3. The van der Waals surface area contributed by atoms with E-state index in [0.717, 1.165) is 26.7 Å². The van der Waals surface area contributed by atoms with E-state index in [2.05, 4.69) is 15.9 Å². The minimum absolute atomic E-state index is 0.287. The maximum Gasteiger partial charge on any atom is 0.344 e. The van der Waals surface area contributed by atoms with Crippen LogP contribution in [0.2, 0.25) is 0 Å². The van der Waals surface area contributed by atoms with Crippen molar-refractivity contribution in [2.24, 2.45) is 0 Å². The van der Waals surface area contributed by atoms with E-state index in [4.69, 9.17) is 14.6 Å². The van der Waals surface area contributed by atoms with E-state index in [1.165, 1.54) is 19.1 Å². The number of benzene rings is 3. The predicted molar refractivity (Wildman–Crippen MR) is 122 cm³/mol. The minimum Gasteiger partial charge on any atom is -0.489 e. The predicted octanol–water partition coefficient (Wildman–Crippen LogP) is 6.26. The SMILES string of the molecule is Cc1cc(OC/C=C(\c2ccc(F)cc2)c2ccc(Br)cc2)ccc1OC(C)C(=O)O. The highest BCUT2D eigenvalue weighted by molar-refractivity contribution is 9.10. The van der Waals surface area contributed by atoms with Crippen molar-refractivity contribution < 1.29 is 23.8 Å². The van der Waals surface area contributed by atoms with Gasteiger partial charge in [-0.25, -0.2) is 9.18 Å². The monoisotopic (exact) mass is 484 g/mol. The number of carboxylic acid groups (broad SMARTS) is 1. The first kappa shape index (κ1) is 22.6. The minimum atomic E-state index is -1.02. The average molecular weight is 485 g/mol. The molecule has 0 spiro atoms. The van der Waals surface area contributed by atoms with Crippen molar-refractivity contribution in [3.63, 3.8) is 0 Å². The van der Waals surface area contributed by atoms with Crippen molar-refractivity contribution in [3.8, 4) is 11.5 Å². The Kier molecular flexibility index (Phi) is 7.47. The smallest absolute Gasteiger partial charge is 0.344 e. The first-order chi connectivity index (χ1) is 14.8. The molecule has 1 N–H and O–H groups in total. The quantitative estimate of drug-likeness (QED) is 0.409. The van der Waals surface area contributed by atoms with E-state index in [-0.39, 0.29) is 5.82 Å². The van der Waals surface area contributed by atoms with E-state index in [1.807, 2.05) is 37.3 Å². The van der Waals surface area contributed by atoms with E-state index < -0.39 is 12.1 Å².